The summed E-state index contributed by atoms with van der Waals surface area (Å²) in [5.74, 6) is -1.15. The van der Waals surface area contributed by atoms with E-state index in [-0.39, 0.29) is 5.97 Å². The number of carbonyl (C=O) groups excluding carboxylic acids is 1. The molecule has 1 atom stereocenters. The number of carbonyl (C=O) groups is 2. The standard InChI is InChI=1S/C19H36O6Si2/c1-8-23-13-11-12-17(18(20)21)27(6,7)25-26(4,5)15-10-9-14-24-19(22)16(2)3/h8,17H,1-2,9-15H2,3-7H3,(H,20,21). The van der Waals surface area contributed by atoms with E-state index in [2.05, 4.69) is 26.3 Å². The predicted molar refractivity (Wildman–Crippen MR) is 113 cm³/mol. The monoisotopic (exact) mass is 416 g/mol. The molecule has 0 bridgehead atoms. The minimum absolute atomic E-state index is 0.360. The second kappa shape index (κ2) is 12.1. The summed E-state index contributed by atoms with van der Waals surface area (Å²) in [7, 11) is -4.42. The van der Waals surface area contributed by atoms with E-state index in [4.69, 9.17) is 13.6 Å². The van der Waals surface area contributed by atoms with E-state index in [1.165, 1.54) is 6.26 Å². The molecule has 0 aliphatic carbocycles. The molecule has 0 aromatic carbocycles. The molecule has 27 heavy (non-hydrogen) atoms. The summed E-state index contributed by atoms with van der Waals surface area (Å²) in [6, 6.07) is 0.903. The minimum atomic E-state index is -2.41. The third-order valence-electron chi connectivity index (χ3n) is 4.30. The van der Waals surface area contributed by atoms with E-state index in [1.807, 2.05) is 13.1 Å². The minimum Gasteiger partial charge on any atom is -0.502 e. The van der Waals surface area contributed by atoms with Gasteiger partial charge in [0.25, 0.3) is 0 Å². The lowest BCUT2D eigenvalue weighted by atomic mass is 10.2. The van der Waals surface area contributed by atoms with Crippen molar-refractivity contribution in [3.05, 3.63) is 25.0 Å². The van der Waals surface area contributed by atoms with Gasteiger partial charge in [0.2, 0.25) is 0 Å². The number of esters is 1. The molecular formula is C19H36O6Si2. The zero-order chi connectivity index (χ0) is 21.1. The van der Waals surface area contributed by atoms with Gasteiger partial charge in [-0.1, -0.05) is 19.6 Å². The summed E-state index contributed by atoms with van der Waals surface area (Å²) in [5, 5.41) is 9.66. The number of unbranched alkanes of at least 4 members (excludes halogenated alkanes) is 1. The van der Waals surface area contributed by atoms with Gasteiger partial charge >= 0.3 is 11.9 Å². The molecule has 0 heterocycles. The summed E-state index contributed by atoms with van der Waals surface area (Å²) in [6.45, 7) is 17.7. The fraction of sp³-hybridized carbons (Fsp3) is 0.684. The third kappa shape index (κ3) is 11.1. The van der Waals surface area contributed by atoms with Crippen LogP contribution in [0.3, 0.4) is 0 Å². The lowest BCUT2D eigenvalue weighted by Gasteiger charge is -2.37. The normalized spacial score (nSPS) is 12.9. The summed E-state index contributed by atoms with van der Waals surface area (Å²) in [6.07, 6.45) is 4.24. The van der Waals surface area contributed by atoms with Crippen molar-refractivity contribution in [3.63, 3.8) is 0 Å². The van der Waals surface area contributed by atoms with Gasteiger partial charge in [-0.15, -0.1) is 0 Å². The van der Waals surface area contributed by atoms with Gasteiger partial charge < -0.3 is 18.7 Å². The molecule has 0 aliphatic rings. The van der Waals surface area contributed by atoms with E-state index in [9.17, 15) is 14.7 Å². The Morgan fingerprint density at radius 2 is 1.74 bits per heavy atom. The molecule has 156 valence electrons. The molecule has 0 fully saturated rings. The quantitative estimate of drug-likeness (QED) is 0.137. The van der Waals surface area contributed by atoms with Gasteiger partial charge in [0, 0.05) is 5.57 Å². The molecule has 0 saturated carbocycles. The lowest BCUT2D eigenvalue weighted by Crippen LogP contribution is -2.49. The van der Waals surface area contributed by atoms with E-state index in [0.717, 1.165) is 18.9 Å². The summed E-state index contributed by atoms with van der Waals surface area (Å²) in [4.78, 5) is 23.1. The second-order valence-electron chi connectivity index (χ2n) is 7.91. The molecule has 0 spiro atoms. The van der Waals surface area contributed by atoms with Gasteiger partial charge in [0.05, 0.1) is 25.0 Å². The summed E-state index contributed by atoms with van der Waals surface area (Å²) < 4.78 is 16.7. The van der Waals surface area contributed by atoms with E-state index >= 15 is 0 Å². The molecule has 0 radical (unpaired) electrons. The van der Waals surface area contributed by atoms with Crippen LogP contribution in [0.25, 0.3) is 0 Å². The van der Waals surface area contributed by atoms with Crippen LogP contribution in [-0.4, -0.2) is 46.9 Å². The van der Waals surface area contributed by atoms with E-state index in [0.29, 0.717) is 31.6 Å². The Labute approximate surface area is 165 Å². The molecule has 0 aromatic heterocycles. The Bertz CT molecular complexity index is 516. The van der Waals surface area contributed by atoms with Gasteiger partial charge in [-0.2, -0.15) is 0 Å². The molecule has 0 saturated heterocycles. The maximum Gasteiger partial charge on any atom is 0.333 e. The molecule has 0 aromatic rings. The number of aliphatic carboxylic acids is 1. The zero-order valence-electron chi connectivity index (χ0n) is 17.5. The number of ether oxygens (including phenoxy) is 2. The number of hydrogen-bond donors (Lipinski definition) is 1. The smallest absolute Gasteiger partial charge is 0.333 e. The molecule has 0 aliphatic heterocycles. The van der Waals surface area contributed by atoms with Crippen LogP contribution >= 0.6 is 0 Å². The van der Waals surface area contributed by atoms with Gasteiger partial charge in [0.1, 0.15) is 0 Å². The fourth-order valence-corrected chi connectivity index (χ4v) is 12.3. The molecule has 1 N–H and O–H groups in total. The second-order valence-corrected chi connectivity index (χ2v) is 16.6. The van der Waals surface area contributed by atoms with Crippen molar-refractivity contribution in [2.24, 2.45) is 0 Å². The van der Waals surface area contributed by atoms with Gasteiger partial charge in [-0.3, -0.25) is 4.79 Å². The van der Waals surface area contributed by atoms with Gasteiger partial charge in [-0.25, -0.2) is 4.79 Å². The first-order chi connectivity index (χ1) is 12.4. The highest BCUT2D eigenvalue weighted by molar-refractivity contribution is 6.86. The third-order valence-corrected chi connectivity index (χ3v) is 12.4. The van der Waals surface area contributed by atoms with E-state index < -0.39 is 28.1 Å². The molecule has 8 heteroatoms. The first kappa shape index (κ1) is 25.6. The van der Waals surface area contributed by atoms with Crippen LogP contribution in [0.1, 0.15) is 32.6 Å². The van der Waals surface area contributed by atoms with Crippen molar-refractivity contribution in [1.82, 2.24) is 0 Å². The van der Waals surface area contributed by atoms with E-state index in [1.54, 1.807) is 6.92 Å². The van der Waals surface area contributed by atoms with Crippen molar-refractivity contribution in [3.8, 4) is 0 Å². The maximum absolute atomic E-state index is 11.8. The van der Waals surface area contributed by atoms with Crippen molar-refractivity contribution in [1.29, 1.82) is 0 Å². The first-order valence-corrected chi connectivity index (χ1v) is 15.5. The van der Waals surface area contributed by atoms with Crippen molar-refractivity contribution in [2.75, 3.05) is 13.2 Å². The highest BCUT2D eigenvalue weighted by Gasteiger charge is 2.42. The van der Waals surface area contributed by atoms with Crippen LogP contribution in [0.15, 0.2) is 25.0 Å². The number of rotatable bonds is 15. The average molecular weight is 417 g/mol. The molecule has 0 rings (SSSR count). The number of hydrogen-bond acceptors (Lipinski definition) is 5. The molecule has 1 unspecified atom stereocenters. The topological polar surface area (TPSA) is 82.1 Å². The van der Waals surface area contributed by atoms with Gasteiger partial charge in [-0.05, 0) is 58.4 Å². The highest BCUT2D eigenvalue weighted by Crippen LogP contribution is 2.32. The number of carboxylic acids is 1. The largest absolute Gasteiger partial charge is 0.502 e. The van der Waals surface area contributed by atoms with Crippen LogP contribution in [0.2, 0.25) is 37.8 Å². The van der Waals surface area contributed by atoms with Crippen molar-refractivity contribution >= 4 is 28.6 Å². The van der Waals surface area contributed by atoms with Crippen LogP contribution in [0.4, 0.5) is 0 Å². The first-order valence-electron chi connectivity index (χ1n) is 9.41. The zero-order valence-corrected chi connectivity index (χ0v) is 19.5. The Kier molecular flexibility index (Phi) is 11.5. The maximum atomic E-state index is 11.8. The number of carboxylic acid groups (broad SMARTS) is 1. The Morgan fingerprint density at radius 1 is 1.11 bits per heavy atom. The molecular weight excluding hydrogens is 380 g/mol. The Balaban J connectivity index is 4.53. The Hall–Kier alpha value is -1.39. The highest BCUT2D eigenvalue weighted by atomic mass is 28.4. The Morgan fingerprint density at radius 3 is 2.26 bits per heavy atom. The van der Waals surface area contributed by atoms with Crippen LogP contribution < -0.4 is 0 Å². The van der Waals surface area contributed by atoms with Crippen LogP contribution in [-0.2, 0) is 23.2 Å². The van der Waals surface area contributed by atoms with Crippen LogP contribution in [0.5, 0.6) is 0 Å². The van der Waals surface area contributed by atoms with Crippen LogP contribution in [0, 0.1) is 0 Å². The lowest BCUT2D eigenvalue weighted by molar-refractivity contribution is -0.139. The molecule has 6 nitrogen and oxygen atoms in total. The summed E-state index contributed by atoms with van der Waals surface area (Å²) in [5.41, 5.74) is -0.0618. The molecule has 0 amide bonds. The van der Waals surface area contributed by atoms with Crippen molar-refractivity contribution < 1.29 is 28.3 Å². The predicted octanol–water partition coefficient (Wildman–Crippen LogP) is 4.71. The summed E-state index contributed by atoms with van der Waals surface area (Å²) >= 11 is 0. The van der Waals surface area contributed by atoms with Crippen molar-refractivity contribution in [2.45, 2.75) is 70.4 Å². The SMILES string of the molecule is C=COCCCC(C(=O)O)[Si](C)(C)O[Si](C)(C)CCCCOC(=O)C(=C)C. The average Bonchev–Trinajstić information content (AvgIpc) is 2.52. The fourth-order valence-electron chi connectivity index (χ4n) is 3.00. The van der Waals surface area contributed by atoms with Gasteiger partial charge in [0.15, 0.2) is 16.6 Å².